The number of carbonyl (C=O) groups excluding carboxylic acids is 2. The van der Waals surface area contributed by atoms with E-state index in [2.05, 4.69) is 15.1 Å². The SMILES string of the molecule is Cn1cc(N2CCC3(CCN(C(=O)c4cnccn4)CC3)C2=O)cn1. The van der Waals surface area contributed by atoms with Crippen molar-refractivity contribution in [1.29, 1.82) is 0 Å². The normalized spacial score (nSPS) is 19.6. The molecule has 2 amide bonds. The Morgan fingerprint density at radius 2 is 1.88 bits per heavy atom. The Morgan fingerprint density at radius 1 is 1.12 bits per heavy atom. The molecule has 0 aliphatic carbocycles. The fourth-order valence-electron chi connectivity index (χ4n) is 3.79. The van der Waals surface area contributed by atoms with Crippen molar-refractivity contribution in [3.05, 3.63) is 36.7 Å². The summed E-state index contributed by atoms with van der Waals surface area (Å²) in [4.78, 5) is 37.1. The summed E-state index contributed by atoms with van der Waals surface area (Å²) in [6.45, 7) is 1.85. The molecule has 0 radical (unpaired) electrons. The number of anilines is 1. The Balaban J connectivity index is 1.45. The van der Waals surface area contributed by atoms with Gasteiger partial charge in [0.1, 0.15) is 5.69 Å². The number of piperidine rings is 1. The number of rotatable bonds is 2. The lowest BCUT2D eigenvalue weighted by molar-refractivity contribution is -0.127. The summed E-state index contributed by atoms with van der Waals surface area (Å²) in [5.74, 6) is 0.0459. The van der Waals surface area contributed by atoms with Gasteiger partial charge in [0.25, 0.3) is 5.91 Å². The number of amides is 2. The standard InChI is InChI=1S/C17H20N6O2/c1-21-12-13(10-20-21)23-9-4-17(16(23)25)2-7-22(8-3-17)15(24)14-11-18-5-6-19-14/h5-6,10-12H,2-4,7-9H2,1H3. The largest absolute Gasteiger partial charge is 0.337 e. The number of hydrogen-bond donors (Lipinski definition) is 0. The minimum Gasteiger partial charge on any atom is -0.337 e. The van der Waals surface area contributed by atoms with Gasteiger partial charge in [-0.15, -0.1) is 0 Å². The lowest BCUT2D eigenvalue weighted by Gasteiger charge is -2.37. The van der Waals surface area contributed by atoms with Crippen LogP contribution in [0.25, 0.3) is 0 Å². The van der Waals surface area contributed by atoms with Crippen molar-refractivity contribution in [3.63, 3.8) is 0 Å². The lowest BCUT2D eigenvalue weighted by Crippen LogP contribution is -2.46. The summed E-state index contributed by atoms with van der Waals surface area (Å²) in [6, 6.07) is 0. The van der Waals surface area contributed by atoms with E-state index in [-0.39, 0.29) is 17.2 Å². The van der Waals surface area contributed by atoms with Crippen LogP contribution in [0.3, 0.4) is 0 Å². The topological polar surface area (TPSA) is 84.2 Å². The van der Waals surface area contributed by atoms with Crippen LogP contribution in [0.4, 0.5) is 5.69 Å². The molecule has 1 spiro atoms. The number of carbonyl (C=O) groups is 2. The van der Waals surface area contributed by atoms with Crippen LogP contribution in [0.1, 0.15) is 29.8 Å². The second-order valence-electron chi connectivity index (χ2n) is 6.74. The van der Waals surface area contributed by atoms with Crippen LogP contribution in [0, 0.1) is 5.41 Å². The Morgan fingerprint density at radius 3 is 2.52 bits per heavy atom. The summed E-state index contributed by atoms with van der Waals surface area (Å²) in [5.41, 5.74) is 0.852. The zero-order valence-electron chi connectivity index (χ0n) is 14.1. The van der Waals surface area contributed by atoms with E-state index in [1.165, 1.54) is 12.4 Å². The summed E-state index contributed by atoms with van der Waals surface area (Å²) in [6.07, 6.45) is 10.3. The van der Waals surface area contributed by atoms with E-state index in [4.69, 9.17) is 0 Å². The molecular weight excluding hydrogens is 320 g/mol. The zero-order chi connectivity index (χ0) is 17.4. The van der Waals surface area contributed by atoms with Gasteiger partial charge in [-0.25, -0.2) is 4.98 Å². The highest BCUT2D eigenvalue weighted by atomic mass is 16.2. The molecule has 8 nitrogen and oxygen atoms in total. The maximum Gasteiger partial charge on any atom is 0.274 e. The molecule has 25 heavy (non-hydrogen) atoms. The molecule has 0 bridgehead atoms. The van der Waals surface area contributed by atoms with E-state index < -0.39 is 0 Å². The van der Waals surface area contributed by atoms with Gasteiger partial charge in [0.2, 0.25) is 5.91 Å². The van der Waals surface area contributed by atoms with E-state index in [9.17, 15) is 9.59 Å². The maximum atomic E-state index is 13.0. The van der Waals surface area contributed by atoms with Gasteiger partial charge < -0.3 is 9.80 Å². The van der Waals surface area contributed by atoms with Gasteiger partial charge in [-0.3, -0.25) is 19.3 Å². The minimum absolute atomic E-state index is 0.113. The summed E-state index contributed by atoms with van der Waals surface area (Å²) >= 11 is 0. The van der Waals surface area contributed by atoms with E-state index in [0.717, 1.165) is 12.1 Å². The molecule has 2 saturated heterocycles. The van der Waals surface area contributed by atoms with Crippen LogP contribution in [-0.4, -0.2) is 56.1 Å². The number of hydrogen-bond acceptors (Lipinski definition) is 5. The fraction of sp³-hybridized carbons (Fsp3) is 0.471. The number of likely N-dealkylation sites (tertiary alicyclic amines) is 1. The molecule has 8 heteroatoms. The molecule has 4 heterocycles. The molecule has 4 rings (SSSR count). The van der Waals surface area contributed by atoms with Crippen LogP contribution < -0.4 is 4.90 Å². The smallest absolute Gasteiger partial charge is 0.274 e. The van der Waals surface area contributed by atoms with E-state index >= 15 is 0 Å². The van der Waals surface area contributed by atoms with Crippen molar-refractivity contribution in [2.75, 3.05) is 24.5 Å². The molecule has 2 aromatic heterocycles. The predicted molar refractivity (Wildman–Crippen MR) is 89.8 cm³/mol. The third-order valence-electron chi connectivity index (χ3n) is 5.31. The maximum absolute atomic E-state index is 13.0. The molecule has 2 aliphatic rings. The average molecular weight is 340 g/mol. The summed E-state index contributed by atoms with van der Waals surface area (Å²) < 4.78 is 1.70. The summed E-state index contributed by atoms with van der Waals surface area (Å²) in [5, 5.41) is 4.16. The van der Waals surface area contributed by atoms with Crippen molar-refractivity contribution < 1.29 is 9.59 Å². The molecule has 0 saturated carbocycles. The average Bonchev–Trinajstić information content (AvgIpc) is 3.20. The van der Waals surface area contributed by atoms with Crippen LogP contribution in [-0.2, 0) is 11.8 Å². The molecular formula is C17H20N6O2. The highest BCUT2D eigenvalue weighted by Gasteiger charge is 2.49. The number of aromatic nitrogens is 4. The predicted octanol–water partition coefficient (Wildman–Crippen LogP) is 0.869. The Labute approximate surface area is 145 Å². The zero-order valence-corrected chi connectivity index (χ0v) is 14.1. The van der Waals surface area contributed by atoms with Gasteiger partial charge >= 0.3 is 0 Å². The molecule has 130 valence electrons. The second kappa shape index (κ2) is 5.94. The van der Waals surface area contributed by atoms with Gasteiger partial charge in [-0.2, -0.15) is 5.10 Å². The van der Waals surface area contributed by atoms with Crippen LogP contribution in [0.5, 0.6) is 0 Å². The van der Waals surface area contributed by atoms with Gasteiger partial charge in [0, 0.05) is 45.3 Å². The number of aryl methyl sites for hydroxylation is 1. The van der Waals surface area contributed by atoms with Crippen LogP contribution >= 0.6 is 0 Å². The monoisotopic (exact) mass is 340 g/mol. The lowest BCUT2D eigenvalue weighted by atomic mass is 9.77. The molecule has 0 N–H and O–H groups in total. The third-order valence-corrected chi connectivity index (χ3v) is 5.31. The molecule has 2 fully saturated rings. The fourth-order valence-corrected chi connectivity index (χ4v) is 3.79. The summed E-state index contributed by atoms with van der Waals surface area (Å²) in [7, 11) is 1.84. The Kier molecular flexibility index (Phi) is 3.74. The molecule has 0 atom stereocenters. The molecule has 0 unspecified atom stereocenters. The van der Waals surface area contributed by atoms with Crippen molar-refractivity contribution in [2.24, 2.45) is 12.5 Å². The second-order valence-corrected chi connectivity index (χ2v) is 6.74. The molecule has 0 aromatic carbocycles. The van der Waals surface area contributed by atoms with E-state index in [1.54, 1.807) is 22.0 Å². The molecule has 2 aromatic rings. The van der Waals surface area contributed by atoms with Gasteiger partial charge in [0.05, 0.1) is 23.5 Å². The van der Waals surface area contributed by atoms with Crippen molar-refractivity contribution in [3.8, 4) is 0 Å². The van der Waals surface area contributed by atoms with Gasteiger partial charge in [0.15, 0.2) is 0 Å². The van der Waals surface area contributed by atoms with Crippen molar-refractivity contribution in [1.82, 2.24) is 24.6 Å². The first-order valence-corrected chi connectivity index (χ1v) is 8.45. The Bertz CT molecular complexity index is 794. The Hall–Kier alpha value is -2.77. The van der Waals surface area contributed by atoms with Crippen molar-refractivity contribution in [2.45, 2.75) is 19.3 Å². The highest BCUT2D eigenvalue weighted by Crippen LogP contribution is 2.43. The van der Waals surface area contributed by atoms with Crippen LogP contribution in [0.15, 0.2) is 31.0 Å². The van der Waals surface area contributed by atoms with E-state index in [1.807, 2.05) is 18.1 Å². The van der Waals surface area contributed by atoms with Gasteiger partial charge in [-0.1, -0.05) is 0 Å². The highest BCUT2D eigenvalue weighted by molar-refractivity contribution is 6.00. The van der Waals surface area contributed by atoms with E-state index in [0.29, 0.717) is 38.2 Å². The van der Waals surface area contributed by atoms with Crippen LogP contribution in [0.2, 0.25) is 0 Å². The minimum atomic E-state index is -0.352. The van der Waals surface area contributed by atoms with Gasteiger partial charge in [-0.05, 0) is 19.3 Å². The third kappa shape index (κ3) is 2.67. The number of nitrogens with zero attached hydrogens (tertiary/aromatic N) is 6. The quantitative estimate of drug-likeness (QED) is 0.810. The molecule has 2 aliphatic heterocycles. The first-order chi connectivity index (χ1) is 12.1. The first kappa shape index (κ1) is 15.7. The van der Waals surface area contributed by atoms with Crippen molar-refractivity contribution >= 4 is 17.5 Å². The first-order valence-electron chi connectivity index (χ1n) is 8.45.